The summed E-state index contributed by atoms with van der Waals surface area (Å²) in [6.07, 6.45) is 1.20. The van der Waals surface area contributed by atoms with Crippen LogP contribution in [0.15, 0.2) is 10.6 Å². The molecule has 0 aliphatic heterocycles. The Hall–Kier alpha value is -0.970. The molecule has 0 radical (unpaired) electrons. The highest BCUT2D eigenvalue weighted by molar-refractivity contribution is 4.97. The van der Waals surface area contributed by atoms with Crippen molar-refractivity contribution in [3.63, 3.8) is 0 Å². The molecule has 0 saturated heterocycles. The highest BCUT2D eigenvalue weighted by atomic mass is 19.3. The molecule has 2 N–H and O–H groups in total. The first kappa shape index (κ1) is 8.13. The fourth-order valence-corrected chi connectivity index (χ4v) is 0.605. The summed E-state index contributed by atoms with van der Waals surface area (Å²) < 4.78 is 29.4. The zero-order chi connectivity index (χ0) is 8.48. The maximum Gasteiger partial charge on any atom is 0.319 e. The molecule has 0 bridgehead atoms. The van der Waals surface area contributed by atoms with Crippen LogP contribution in [0.5, 0.6) is 0 Å². The summed E-state index contributed by atoms with van der Waals surface area (Å²) >= 11 is 0. The van der Waals surface area contributed by atoms with Crippen LogP contribution in [0.25, 0.3) is 0 Å². The molecular weight excluding hydrogens is 154 g/mol. The molecule has 1 heterocycles. The van der Waals surface area contributed by atoms with Crippen LogP contribution in [0.1, 0.15) is 18.6 Å². The summed E-state index contributed by atoms with van der Waals surface area (Å²) in [5.41, 5.74) is 5.13. The predicted octanol–water partition coefficient (Wildman–Crippen LogP) is 1.25. The van der Waals surface area contributed by atoms with Crippen LogP contribution in [0.4, 0.5) is 8.78 Å². The summed E-state index contributed by atoms with van der Waals surface area (Å²) in [7, 11) is 0. The van der Waals surface area contributed by atoms with Gasteiger partial charge in [-0.2, -0.15) is 8.78 Å². The third-order valence-corrected chi connectivity index (χ3v) is 1.13. The molecule has 0 aliphatic rings. The van der Waals surface area contributed by atoms with Gasteiger partial charge in [0.25, 0.3) is 5.89 Å². The van der Waals surface area contributed by atoms with Crippen molar-refractivity contribution >= 4 is 0 Å². The van der Waals surface area contributed by atoms with Crippen LogP contribution >= 0.6 is 0 Å². The van der Waals surface area contributed by atoms with Gasteiger partial charge in [-0.1, -0.05) is 0 Å². The van der Waals surface area contributed by atoms with E-state index in [0.29, 0.717) is 0 Å². The van der Waals surface area contributed by atoms with Gasteiger partial charge in [-0.25, -0.2) is 4.98 Å². The lowest BCUT2D eigenvalue weighted by atomic mass is 10.4. The van der Waals surface area contributed by atoms with Crippen molar-refractivity contribution in [1.29, 1.82) is 0 Å². The van der Waals surface area contributed by atoms with E-state index in [0.717, 1.165) is 6.92 Å². The van der Waals surface area contributed by atoms with Crippen molar-refractivity contribution in [1.82, 2.24) is 4.98 Å². The molecule has 0 unspecified atom stereocenters. The Labute approximate surface area is 62.2 Å². The molecule has 11 heavy (non-hydrogen) atoms. The summed E-state index contributed by atoms with van der Waals surface area (Å²) in [5.74, 6) is -3.34. The maximum absolute atomic E-state index is 12.4. The monoisotopic (exact) mass is 162 g/mol. The van der Waals surface area contributed by atoms with E-state index >= 15 is 0 Å². The van der Waals surface area contributed by atoms with Crippen molar-refractivity contribution in [2.45, 2.75) is 19.4 Å². The molecule has 5 heteroatoms. The van der Waals surface area contributed by atoms with Crippen molar-refractivity contribution in [2.24, 2.45) is 5.73 Å². The standard InChI is InChI=1S/C6H8F2N2O/c1-6(7,8)5-10-3-4(2-9)11-5/h3H,2,9H2,1H3. The zero-order valence-electron chi connectivity index (χ0n) is 5.97. The van der Waals surface area contributed by atoms with E-state index < -0.39 is 11.8 Å². The van der Waals surface area contributed by atoms with E-state index in [2.05, 4.69) is 9.40 Å². The first-order chi connectivity index (χ1) is 5.04. The lowest BCUT2D eigenvalue weighted by Gasteiger charge is -2.02. The van der Waals surface area contributed by atoms with Crippen LogP contribution < -0.4 is 5.73 Å². The largest absolute Gasteiger partial charge is 0.439 e. The van der Waals surface area contributed by atoms with Crippen LogP contribution in [-0.4, -0.2) is 4.98 Å². The van der Waals surface area contributed by atoms with E-state index in [9.17, 15) is 8.78 Å². The van der Waals surface area contributed by atoms with Gasteiger partial charge in [0.2, 0.25) is 0 Å². The number of halogens is 2. The predicted molar refractivity (Wildman–Crippen MR) is 34.0 cm³/mol. The highest BCUT2D eigenvalue weighted by Gasteiger charge is 2.30. The van der Waals surface area contributed by atoms with E-state index in [4.69, 9.17) is 5.73 Å². The number of nitrogens with zero attached hydrogens (tertiary/aromatic N) is 1. The Bertz CT molecular complexity index is 241. The van der Waals surface area contributed by atoms with Crippen molar-refractivity contribution in [3.8, 4) is 0 Å². The van der Waals surface area contributed by atoms with Gasteiger partial charge in [0.15, 0.2) is 0 Å². The second-order valence-corrected chi connectivity index (χ2v) is 2.22. The van der Waals surface area contributed by atoms with Gasteiger partial charge in [0.1, 0.15) is 5.76 Å². The molecular formula is C6H8F2N2O. The van der Waals surface area contributed by atoms with Crippen LogP contribution in [0, 0.1) is 0 Å². The molecule has 0 amide bonds. The Morgan fingerprint density at radius 1 is 1.73 bits per heavy atom. The second kappa shape index (κ2) is 2.58. The second-order valence-electron chi connectivity index (χ2n) is 2.22. The van der Waals surface area contributed by atoms with E-state index in [-0.39, 0.29) is 12.3 Å². The molecule has 0 spiro atoms. The van der Waals surface area contributed by atoms with Crippen molar-refractivity contribution < 1.29 is 13.2 Å². The first-order valence-electron chi connectivity index (χ1n) is 3.07. The Kier molecular flexibility index (Phi) is 1.90. The number of rotatable bonds is 2. The molecule has 0 aliphatic carbocycles. The minimum absolute atomic E-state index is 0.0864. The average Bonchev–Trinajstić information content (AvgIpc) is 2.32. The fraction of sp³-hybridized carbons (Fsp3) is 0.500. The Morgan fingerprint density at radius 3 is 2.64 bits per heavy atom. The summed E-state index contributed by atoms with van der Waals surface area (Å²) in [6, 6.07) is 0. The minimum atomic E-state index is -3.02. The number of nitrogens with two attached hydrogens (primary N) is 1. The van der Waals surface area contributed by atoms with Crippen molar-refractivity contribution in [2.75, 3.05) is 0 Å². The molecule has 1 aromatic heterocycles. The highest BCUT2D eigenvalue weighted by Crippen LogP contribution is 2.25. The normalized spacial score (nSPS) is 12.0. The lowest BCUT2D eigenvalue weighted by Crippen LogP contribution is -2.06. The summed E-state index contributed by atoms with van der Waals surface area (Å²) in [5, 5.41) is 0. The van der Waals surface area contributed by atoms with E-state index in [1.54, 1.807) is 0 Å². The number of aromatic nitrogens is 1. The molecule has 0 fully saturated rings. The molecule has 0 aromatic carbocycles. The van der Waals surface area contributed by atoms with Crippen LogP contribution in [0.2, 0.25) is 0 Å². The van der Waals surface area contributed by atoms with E-state index in [1.165, 1.54) is 6.20 Å². The summed E-state index contributed by atoms with van der Waals surface area (Å²) in [6.45, 7) is 0.808. The van der Waals surface area contributed by atoms with Gasteiger partial charge >= 0.3 is 5.92 Å². The van der Waals surface area contributed by atoms with Crippen molar-refractivity contribution in [3.05, 3.63) is 17.8 Å². The molecule has 1 aromatic rings. The topological polar surface area (TPSA) is 52.0 Å². The number of alkyl halides is 2. The zero-order valence-corrected chi connectivity index (χ0v) is 5.97. The fourth-order valence-electron chi connectivity index (χ4n) is 0.605. The van der Waals surface area contributed by atoms with Crippen LogP contribution in [-0.2, 0) is 12.5 Å². The summed E-state index contributed by atoms with van der Waals surface area (Å²) in [4.78, 5) is 3.36. The molecule has 1 rings (SSSR count). The smallest absolute Gasteiger partial charge is 0.319 e. The molecule has 0 saturated carbocycles. The van der Waals surface area contributed by atoms with Gasteiger partial charge in [0.05, 0.1) is 12.7 Å². The Balaban J connectivity index is 2.89. The Morgan fingerprint density at radius 2 is 2.36 bits per heavy atom. The number of hydrogen-bond acceptors (Lipinski definition) is 3. The van der Waals surface area contributed by atoms with E-state index in [1.807, 2.05) is 0 Å². The van der Waals surface area contributed by atoms with Gasteiger partial charge in [-0.3, -0.25) is 0 Å². The minimum Gasteiger partial charge on any atom is -0.439 e. The maximum atomic E-state index is 12.4. The van der Waals surface area contributed by atoms with Gasteiger partial charge < -0.3 is 10.2 Å². The quantitative estimate of drug-likeness (QED) is 0.711. The van der Waals surface area contributed by atoms with Gasteiger partial charge in [-0.15, -0.1) is 0 Å². The lowest BCUT2D eigenvalue weighted by molar-refractivity contribution is -0.0117. The SMILES string of the molecule is CC(F)(F)c1ncc(CN)o1. The average molecular weight is 162 g/mol. The number of hydrogen-bond donors (Lipinski definition) is 1. The third-order valence-electron chi connectivity index (χ3n) is 1.13. The van der Waals surface area contributed by atoms with Gasteiger partial charge in [-0.05, 0) is 0 Å². The van der Waals surface area contributed by atoms with Gasteiger partial charge in [0, 0.05) is 6.92 Å². The molecule has 3 nitrogen and oxygen atoms in total. The third kappa shape index (κ3) is 1.74. The number of oxazole rings is 1. The molecule has 0 atom stereocenters. The first-order valence-corrected chi connectivity index (χ1v) is 3.07. The molecule has 62 valence electrons. The van der Waals surface area contributed by atoms with Crippen LogP contribution in [0.3, 0.4) is 0 Å².